The second kappa shape index (κ2) is 3.48. The average Bonchev–Trinajstić information content (AvgIpc) is 2.50. The van der Waals surface area contributed by atoms with Crippen molar-refractivity contribution in [1.29, 1.82) is 0 Å². The van der Waals surface area contributed by atoms with Gasteiger partial charge in [-0.2, -0.15) is 0 Å². The monoisotopic (exact) mass is 157 g/mol. The van der Waals surface area contributed by atoms with E-state index >= 15 is 0 Å². The van der Waals surface area contributed by atoms with Crippen molar-refractivity contribution in [3.8, 4) is 0 Å². The molecule has 0 bridgehead atoms. The van der Waals surface area contributed by atoms with Crippen molar-refractivity contribution in [2.75, 3.05) is 13.7 Å². The van der Waals surface area contributed by atoms with E-state index in [1.165, 1.54) is 7.11 Å². The highest BCUT2D eigenvalue weighted by Crippen LogP contribution is 2.14. The van der Waals surface area contributed by atoms with Gasteiger partial charge in [0, 0.05) is 0 Å². The van der Waals surface area contributed by atoms with Crippen molar-refractivity contribution in [3.63, 3.8) is 0 Å². The Morgan fingerprint density at radius 1 is 1.73 bits per heavy atom. The number of hydrogen-bond acceptors (Lipinski definition) is 4. The maximum Gasteiger partial charge on any atom is 0.310 e. The number of ether oxygens (including phenoxy) is 1. The number of hydrogen-bond donors (Lipinski definition) is 1. The molecule has 0 aromatic rings. The molecule has 4 heteroatoms. The van der Waals surface area contributed by atoms with Crippen LogP contribution in [0, 0.1) is 5.92 Å². The number of aldehydes is 1. The Kier molecular flexibility index (Phi) is 2.59. The van der Waals surface area contributed by atoms with E-state index in [0.717, 1.165) is 6.29 Å². The Labute approximate surface area is 64.9 Å². The van der Waals surface area contributed by atoms with Crippen molar-refractivity contribution < 1.29 is 14.3 Å². The molecule has 1 fully saturated rings. The molecule has 1 heterocycles. The van der Waals surface area contributed by atoms with E-state index in [9.17, 15) is 9.59 Å². The standard InChI is InChI=1S/C7H11NO3/c1-11-7(10)5-2-3-8-6(5)4-9/h4-6,8H,2-3H2,1H3/t5?,6-/m1/s1. The summed E-state index contributed by atoms with van der Waals surface area (Å²) in [6.07, 6.45) is 1.45. The van der Waals surface area contributed by atoms with E-state index in [0.29, 0.717) is 13.0 Å². The summed E-state index contributed by atoms with van der Waals surface area (Å²) in [6, 6.07) is -0.345. The minimum absolute atomic E-state index is 0.280. The maximum atomic E-state index is 11.0. The van der Waals surface area contributed by atoms with Crippen LogP contribution < -0.4 is 5.32 Å². The molecule has 1 unspecified atom stereocenters. The number of nitrogens with one attached hydrogen (secondary N) is 1. The van der Waals surface area contributed by atoms with Gasteiger partial charge in [-0.3, -0.25) is 4.79 Å². The highest BCUT2D eigenvalue weighted by Gasteiger charge is 2.32. The van der Waals surface area contributed by atoms with Crippen LogP contribution in [0.15, 0.2) is 0 Å². The Morgan fingerprint density at radius 2 is 2.45 bits per heavy atom. The van der Waals surface area contributed by atoms with E-state index < -0.39 is 0 Å². The summed E-state index contributed by atoms with van der Waals surface area (Å²) in [4.78, 5) is 21.3. The molecule has 11 heavy (non-hydrogen) atoms. The first-order chi connectivity index (χ1) is 5.29. The number of carbonyl (C=O) groups excluding carboxylic acids is 2. The Balaban J connectivity index is 2.56. The van der Waals surface area contributed by atoms with E-state index in [1.54, 1.807) is 0 Å². The van der Waals surface area contributed by atoms with Crippen molar-refractivity contribution in [1.82, 2.24) is 5.32 Å². The van der Waals surface area contributed by atoms with Gasteiger partial charge in [0.2, 0.25) is 0 Å². The van der Waals surface area contributed by atoms with Gasteiger partial charge in [-0.05, 0) is 13.0 Å². The van der Waals surface area contributed by atoms with Crippen LogP contribution in [0.5, 0.6) is 0 Å². The molecular formula is C7H11NO3. The van der Waals surface area contributed by atoms with Crippen molar-refractivity contribution >= 4 is 12.3 Å². The average molecular weight is 157 g/mol. The van der Waals surface area contributed by atoms with Gasteiger partial charge in [-0.15, -0.1) is 0 Å². The first-order valence-corrected chi connectivity index (χ1v) is 3.56. The van der Waals surface area contributed by atoms with E-state index in [-0.39, 0.29) is 17.9 Å². The van der Waals surface area contributed by atoms with Crippen LogP contribution in [-0.2, 0) is 14.3 Å². The third-order valence-corrected chi connectivity index (χ3v) is 1.92. The van der Waals surface area contributed by atoms with Gasteiger partial charge in [0.1, 0.15) is 6.29 Å². The minimum Gasteiger partial charge on any atom is -0.469 e. The van der Waals surface area contributed by atoms with Crippen LogP contribution >= 0.6 is 0 Å². The summed E-state index contributed by atoms with van der Waals surface area (Å²) in [5.74, 6) is -0.579. The molecule has 0 aromatic heterocycles. The topological polar surface area (TPSA) is 55.4 Å². The van der Waals surface area contributed by atoms with Crippen molar-refractivity contribution in [2.24, 2.45) is 5.92 Å². The summed E-state index contributed by atoms with van der Waals surface area (Å²) in [5, 5.41) is 2.90. The fraction of sp³-hybridized carbons (Fsp3) is 0.714. The molecular weight excluding hydrogens is 146 g/mol. The minimum atomic E-state index is -0.345. The quantitative estimate of drug-likeness (QED) is 0.427. The van der Waals surface area contributed by atoms with Crippen LogP contribution in [0.2, 0.25) is 0 Å². The first kappa shape index (κ1) is 8.20. The lowest BCUT2D eigenvalue weighted by Gasteiger charge is -2.09. The summed E-state index contributed by atoms with van der Waals surface area (Å²) >= 11 is 0. The van der Waals surface area contributed by atoms with Gasteiger partial charge < -0.3 is 14.8 Å². The summed E-state index contributed by atoms with van der Waals surface area (Å²) in [7, 11) is 1.34. The van der Waals surface area contributed by atoms with Gasteiger partial charge >= 0.3 is 5.97 Å². The number of esters is 1. The van der Waals surface area contributed by atoms with Gasteiger partial charge in [0.25, 0.3) is 0 Å². The van der Waals surface area contributed by atoms with Crippen molar-refractivity contribution in [3.05, 3.63) is 0 Å². The normalized spacial score (nSPS) is 29.9. The van der Waals surface area contributed by atoms with E-state index in [2.05, 4.69) is 10.1 Å². The Hall–Kier alpha value is -0.900. The number of carbonyl (C=O) groups is 2. The lowest BCUT2D eigenvalue weighted by Crippen LogP contribution is -2.33. The molecule has 1 saturated heterocycles. The molecule has 62 valence electrons. The molecule has 1 rings (SSSR count). The van der Waals surface area contributed by atoms with Gasteiger partial charge in [-0.1, -0.05) is 0 Å². The van der Waals surface area contributed by atoms with Crippen LogP contribution in [-0.4, -0.2) is 32.0 Å². The van der Waals surface area contributed by atoms with Crippen LogP contribution in [0.3, 0.4) is 0 Å². The van der Waals surface area contributed by atoms with Crippen LogP contribution in [0.25, 0.3) is 0 Å². The van der Waals surface area contributed by atoms with E-state index in [4.69, 9.17) is 0 Å². The highest BCUT2D eigenvalue weighted by molar-refractivity contribution is 5.79. The lowest BCUT2D eigenvalue weighted by molar-refractivity contribution is -0.146. The van der Waals surface area contributed by atoms with Gasteiger partial charge in [0.15, 0.2) is 0 Å². The fourth-order valence-corrected chi connectivity index (χ4v) is 1.29. The zero-order chi connectivity index (χ0) is 8.27. The van der Waals surface area contributed by atoms with Gasteiger partial charge in [-0.25, -0.2) is 0 Å². The van der Waals surface area contributed by atoms with Gasteiger partial charge in [0.05, 0.1) is 19.1 Å². The third kappa shape index (κ3) is 1.57. The maximum absolute atomic E-state index is 11.0. The fourth-order valence-electron chi connectivity index (χ4n) is 1.29. The molecule has 0 radical (unpaired) electrons. The SMILES string of the molecule is COC(=O)C1CCN[C@@H]1C=O. The molecule has 1 N–H and O–H groups in total. The summed E-state index contributed by atoms with van der Waals surface area (Å²) < 4.78 is 4.53. The predicted molar refractivity (Wildman–Crippen MR) is 38.0 cm³/mol. The van der Waals surface area contributed by atoms with Crippen LogP contribution in [0.4, 0.5) is 0 Å². The summed E-state index contributed by atoms with van der Waals surface area (Å²) in [5.41, 5.74) is 0. The smallest absolute Gasteiger partial charge is 0.310 e. The molecule has 0 saturated carbocycles. The third-order valence-electron chi connectivity index (χ3n) is 1.92. The lowest BCUT2D eigenvalue weighted by atomic mass is 10.0. The molecule has 0 aromatic carbocycles. The zero-order valence-corrected chi connectivity index (χ0v) is 6.37. The molecule has 0 spiro atoms. The van der Waals surface area contributed by atoms with Crippen LogP contribution in [0.1, 0.15) is 6.42 Å². The predicted octanol–water partition coefficient (Wildman–Crippen LogP) is -0.664. The molecule has 2 atom stereocenters. The zero-order valence-electron chi connectivity index (χ0n) is 6.37. The second-order valence-electron chi connectivity index (χ2n) is 2.53. The molecule has 1 aliphatic heterocycles. The highest BCUT2D eigenvalue weighted by atomic mass is 16.5. The summed E-state index contributed by atoms with van der Waals surface area (Å²) in [6.45, 7) is 0.711. The second-order valence-corrected chi connectivity index (χ2v) is 2.53. The largest absolute Gasteiger partial charge is 0.469 e. The Bertz CT molecular complexity index is 169. The molecule has 0 amide bonds. The Morgan fingerprint density at radius 3 is 3.00 bits per heavy atom. The molecule has 1 aliphatic rings. The molecule has 4 nitrogen and oxygen atoms in total. The van der Waals surface area contributed by atoms with E-state index in [1.807, 2.05) is 0 Å². The van der Waals surface area contributed by atoms with Crippen molar-refractivity contribution in [2.45, 2.75) is 12.5 Å². The molecule has 0 aliphatic carbocycles. The number of methoxy groups -OCH3 is 1. The number of rotatable bonds is 2. The first-order valence-electron chi connectivity index (χ1n) is 3.56.